The summed E-state index contributed by atoms with van der Waals surface area (Å²) >= 11 is 1.38. The van der Waals surface area contributed by atoms with Gasteiger partial charge in [-0.25, -0.2) is 0 Å². The van der Waals surface area contributed by atoms with Crippen molar-refractivity contribution in [1.29, 1.82) is 0 Å². The zero-order valence-electron chi connectivity index (χ0n) is 17.4. The molecule has 3 aliphatic rings. The number of para-hydroxylation sites is 1. The van der Waals surface area contributed by atoms with Gasteiger partial charge in [-0.2, -0.15) is 5.10 Å². The predicted molar refractivity (Wildman–Crippen MR) is 126 cm³/mol. The SMILES string of the molecule is O=C1c2ccccc2C(=O)N1CCN1C(=O)[C@@]2(NN=C(c3ccccc3)S2)c2ccccc21. The zero-order chi connectivity index (χ0) is 22.6. The fourth-order valence-electron chi connectivity index (χ4n) is 4.52. The van der Waals surface area contributed by atoms with Crippen LogP contribution in [0.15, 0.2) is 84.0 Å². The fourth-order valence-corrected chi connectivity index (χ4v) is 5.72. The van der Waals surface area contributed by atoms with Gasteiger partial charge in [0.2, 0.25) is 4.87 Å². The quantitative estimate of drug-likeness (QED) is 0.613. The minimum atomic E-state index is -1.07. The van der Waals surface area contributed by atoms with Crippen LogP contribution in [0.3, 0.4) is 0 Å². The average Bonchev–Trinajstić information content (AvgIpc) is 3.48. The molecule has 3 heterocycles. The summed E-state index contributed by atoms with van der Waals surface area (Å²) in [5.41, 5.74) is 6.40. The van der Waals surface area contributed by atoms with Crippen molar-refractivity contribution in [3.8, 4) is 0 Å². The van der Waals surface area contributed by atoms with Crippen molar-refractivity contribution in [1.82, 2.24) is 10.3 Å². The van der Waals surface area contributed by atoms with Crippen LogP contribution in [0.25, 0.3) is 0 Å². The number of thioether (sulfide) groups is 1. The van der Waals surface area contributed by atoms with Crippen LogP contribution in [0.2, 0.25) is 0 Å². The maximum absolute atomic E-state index is 13.7. The number of benzene rings is 3. The smallest absolute Gasteiger partial charge is 0.270 e. The minimum Gasteiger partial charge on any atom is -0.307 e. The second-order valence-electron chi connectivity index (χ2n) is 7.96. The molecule has 1 atom stereocenters. The molecule has 3 aromatic carbocycles. The molecule has 1 N–H and O–H groups in total. The molecule has 3 aromatic rings. The molecule has 0 radical (unpaired) electrons. The summed E-state index contributed by atoms with van der Waals surface area (Å²) in [6.45, 7) is 0.311. The monoisotopic (exact) mass is 454 g/mol. The highest BCUT2D eigenvalue weighted by Gasteiger charge is 2.55. The van der Waals surface area contributed by atoms with Crippen LogP contribution >= 0.6 is 11.8 Å². The largest absolute Gasteiger partial charge is 0.307 e. The summed E-state index contributed by atoms with van der Waals surface area (Å²) in [6.07, 6.45) is 0. The third kappa shape index (κ3) is 2.84. The Labute approximate surface area is 194 Å². The number of rotatable bonds is 4. The number of hydrogen-bond acceptors (Lipinski definition) is 6. The van der Waals surface area contributed by atoms with Crippen molar-refractivity contribution in [3.63, 3.8) is 0 Å². The van der Waals surface area contributed by atoms with Gasteiger partial charge in [0.25, 0.3) is 17.7 Å². The highest BCUT2D eigenvalue weighted by Crippen LogP contribution is 2.50. The lowest BCUT2D eigenvalue weighted by Crippen LogP contribution is -2.47. The maximum Gasteiger partial charge on any atom is 0.270 e. The van der Waals surface area contributed by atoms with Gasteiger partial charge in [0.15, 0.2) is 0 Å². The molecule has 0 fully saturated rings. The molecule has 3 amide bonds. The van der Waals surface area contributed by atoms with Gasteiger partial charge in [-0.3, -0.25) is 24.7 Å². The van der Waals surface area contributed by atoms with Crippen molar-refractivity contribution in [2.75, 3.05) is 18.0 Å². The summed E-state index contributed by atoms with van der Waals surface area (Å²) in [5.74, 6) is -0.818. The van der Waals surface area contributed by atoms with Crippen LogP contribution in [0, 0.1) is 0 Å². The third-order valence-electron chi connectivity index (χ3n) is 6.13. The molecule has 0 aliphatic carbocycles. The normalized spacial score (nSPS) is 20.8. The molecule has 0 saturated heterocycles. The van der Waals surface area contributed by atoms with Gasteiger partial charge < -0.3 is 4.90 Å². The van der Waals surface area contributed by atoms with E-state index in [1.54, 1.807) is 29.2 Å². The number of anilines is 1. The van der Waals surface area contributed by atoms with Gasteiger partial charge in [-0.05, 0) is 18.2 Å². The van der Waals surface area contributed by atoms with E-state index in [0.29, 0.717) is 11.1 Å². The minimum absolute atomic E-state index is 0.111. The van der Waals surface area contributed by atoms with E-state index in [1.165, 1.54) is 16.7 Å². The Bertz CT molecular complexity index is 1320. The van der Waals surface area contributed by atoms with E-state index in [2.05, 4.69) is 10.5 Å². The highest BCUT2D eigenvalue weighted by molar-refractivity contribution is 8.16. The van der Waals surface area contributed by atoms with Crippen molar-refractivity contribution in [2.24, 2.45) is 5.10 Å². The molecule has 6 rings (SSSR count). The molecule has 0 aromatic heterocycles. The average molecular weight is 455 g/mol. The molecule has 8 heteroatoms. The van der Waals surface area contributed by atoms with Gasteiger partial charge in [0, 0.05) is 24.2 Å². The van der Waals surface area contributed by atoms with Crippen molar-refractivity contribution in [2.45, 2.75) is 4.87 Å². The van der Waals surface area contributed by atoms with E-state index in [9.17, 15) is 14.4 Å². The Morgan fingerprint density at radius 2 is 1.36 bits per heavy atom. The number of nitrogens with one attached hydrogen (secondary N) is 1. The lowest BCUT2D eigenvalue weighted by molar-refractivity contribution is -0.121. The molecule has 7 nitrogen and oxygen atoms in total. The summed E-state index contributed by atoms with van der Waals surface area (Å²) in [4.78, 5) is 41.0. The standard InChI is InChI=1S/C25H18N4O3S/c30-22-17-10-4-5-11-18(17)23(31)29(22)15-14-28-20-13-7-6-12-19(20)25(24(28)32)27-26-21(33-25)16-8-2-1-3-9-16/h1-13,27H,14-15H2/t25-/m1/s1. The molecule has 0 bridgehead atoms. The van der Waals surface area contributed by atoms with E-state index in [-0.39, 0.29) is 30.8 Å². The molecule has 33 heavy (non-hydrogen) atoms. The number of carbonyl (C=O) groups is 3. The van der Waals surface area contributed by atoms with Crippen LogP contribution in [0.1, 0.15) is 31.8 Å². The highest BCUT2D eigenvalue weighted by atomic mass is 32.2. The second-order valence-corrected chi connectivity index (χ2v) is 9.16. The van der Waals surface area contributed by atoms with Crippen LogP contribution in [-0.4, -0.2) is 40.8 Å². The first kappa shape index (κ1) is 19.8. The predicted octanol–water partition coefficient (Wildman–Crippen LogP) is 3.18. The topological polar surface area (TPSA) is 82.1 Å². The maximum atomic E-state index is 13.7. The summed E-state index contributed by atoms with van der Waals surface area (Å²) < 4.78 is 0. The Morgan fingerprint density at radius 1 is 0.758 bits per heavy atom. The lowest BCUT2D eigenvalue weighted by Gasteiger charge is -2.24. The fraction of sp³-hybridized carbons (Fsp3) is 0.120. The van der Waals surface area contributed by atoms with Crippen molar-refractivity contribution in [3.05, 3.63) is 101 Å². The Hall–Kier alpha value is -3.91. The summed E-state index contributed by atoms with van der Waals surface area (Å²) in [6, 6.07) is 24.1. The number of amides is 3. The Morgan fingerprint density at radius 3 is 2.09 bits per heavy atom. The van der Waals surface area contributed by atoms with E-state index in [0.717, 1.165) is 21.9 Å². The van der Waals surface area contributed by atoms with Crippen LogP contribution in [0.4, 0.5) is 5.69 Å². The van der Waals surface area contributed by atoms with Crippen LogP contribution in [-0.2, 0) is 9.67 Å². The van der Waals surface area contributed by atoms with Gasteiger partial charge in [0.1, 0.15) is 5.04 Å². The number of hydrazone groups is 1. The number of carbonyl (C=O) groups excluding carboxylic acids is 3. The van der Waals surface area contributed by atoms with Crippen LogP contribution < -0.4 is 10.3 Å². The summed E-state index contributed by atoms with van der Waals surface area (Å²) in [5, 5.41) is 5.21. The van der Waals surface area contributed by atoms with Gasteiger partial charge >= 0.3 is 0 Å². The van der Waals surface area contributed by atoms with E-state index < -0.39 is 4.87 Å². The molecule has 0 unspecified atom stereocenters. The van der Waals surface area contributed by atoms with Gasteiger partial charge in [-0.15, -0.1) is 0 Å². The second kappa shape index (κ2) is 7.31. The van der Waals surface area contributed by atoms with E-state index in [1.807, 2.05) is 54.6 Å². The molecular formula is C25H18N4O3S. The first-order valence-corrected chi connectivity index (χ1v) is 11.4. The molecule has 0 saturated carbocycles. The van der Waals surface area contributed by atoms with Gasteiger partial charge in [0.05, 0.1) is 16.8 Å². The number of fused-ring (bicyclic) bond motifs is 3. The number of hydrogen-bond donors (Lipinski definition) is 1. The Kier molecular flexibility index (Phi) is 4.38. The van der Waals surface area contributed by atoms with Crippen molar-refractivity contribution < 1.29 is 14.4 Å². The first-order chi connectivity index (χ1) is 16.1. The Balaban J connectivity index is 1.27. The molecule has 3 aliphatic heterocycles. The first-order valence-electron chi connectivity index (χ1n) is 10.6. The van der Waals surface area contributed by atoms with E-state index >= 15 is 0 Å². The zero-order valence-corrected chi connectivity index (χ0v) is 18.2. The number of imide groups is 1. The summed E-state index contributed by atoms with van der Waals surface area (Å²) in [7, 11) is 0. The van der Waals surface area contributed by atoms with Crippen molar-refractivity contribution >= 4 is 40.2 Å². The molecule has 1 spiro atoms. The van der Waals surface area contributed by atoms with Gasteiger partial charge in [-0.1, -0.05) is 72.4 Å². The van der Waals surface area contributed by atoms with Crippen LogP contribution in [0.5, 0.6) is 0 Å². The molecular weight excluding hydrogens is 436 g/mol. The van der Waals surface area contributed by atoms with E-state index in [4.69, 9.17) is 0 Å². The third-order valence-corrected chi connectivity index (χ3v) is 7.44. The molecule has 162 valence electrons. The lowest BCUT2D eigenvalue weighted by atomic mass is 10.1. The number of nitrogens with zero attached hydrogens (tertiary/aromatic N) is 3.